The van der Waals surface area contributed by atoms with Crippen molar-refractivity contribution in [3.05, 3.63) is 24.0 Å². The van der Waals surface area contributed by atoms with E-state index in [9.17, 15) is 13.2 Å². The van der Waals surface area contributed by atoms with Gasteiger partial charge in [-0.25, -0.2) is 4.98 Å². The molecule has 2 N–H and O–H groups in total. The lowest BCUT2D eigenvalue weighted by Gasteiger charge is -2.32. The molecule has 0 amide bonds. The van der Waals surface area contributed by atoms with Crippen LogP contribution in [0, 0.1) is 0 Å². The monoisotopic (exact) mass is 299 g/mol. The Hall–Kier alpha value is -1.76. The maximum absolute atomic E-state index is 13.4. The molecular weight excluding hydrogens is 283 g/mol. The first-order valence-electron chi connectivity index (χ1n) is 6.71. The number of ether oxygens (including phenoxy) is 1. The predicted octanol–water partition coefficient (Wildman–Crippen LogP) is 3.16. The number of hydrogen-bond acceptors (Lipinski definition) is 3. The van der Waals surface area contributed by atoms with E-state index < -0.39 is 17.5 Å². The van der Waals surface area contributed by atoms with Crippen LogP contribution in [-0.2, 0) is 16.5 Å². The van der Waals surface area contributed by atoms with Crippen molar-refractivity contribution in [2.75, 3.05) is 12.3 Å². The minimum absolute atomic E-state index is 0.252. The van der Waals surface area contributed by atoms with E-state index in [0.29, 0.717) is 24.2 Å². The summed E-state index contributed by atoms with van der Waals surface area (Å²) >= 11 is 0. The second kappa shape index (κ2) is 4.37. The fourth-order valence-corrected chi connectivity index (χ4v) is 2.92. The van der Waals surface area contributed by atoms with E-state index in [0.717, 1.165) is 0 Å². The molecule has 0 bridgehead atoms. The first-order valence-corrected chi connectivity index (χ1v) is 6.71. The third kappa shape index (κ3) is 2.07. The van der Waals surface area contributed by atoms with Crippen LogP contribution in [0.15, 0.2) is 18.2 Å². The van der Waals surface area contributed by atoms with Gasteiger partial charge in [0.1, 0.15) is 0 Å². The summed E-state index contributed by atoms with van der Waals surface area (Å²) in [6.45, 7) is 4.00. The number of halogens is 3. The van der Waals surface area contributed by atoms with Gasteiger partial charge in [0.2, 0.25) is 5.82 Å². The second-order valence-corrected chi connectivity index (χ2v) is 5.64. The lowest BCUT2D eigenvalue weighted by molar-refractivity contribution is -0.149. The quantitative estimate of drug-likeness (QED) is 0.823. The van der Waals surface area contributed by atoms with Crippen molar-refractivity contribution in [2.24, 2.45) is 0 Å². The van der Waals surface area contributed by atoms with E-state index in [1.807, 2.05) is 0 Å². The molecule has 1 aromatic heterocycles. The van der Waals surface area contributed by atoms with Crippen LogP contribution in [0.4, 0.5) is 18.9 Å². The van der Waals surface area contributed by atoms with Gasteiger partial charge >= 0.3 is 6.18 Å². The summed E-state index contributed by atoms with van der Waals surface area (Å²) in [4.78, 5) is 3.77. The largest absolute Gasteiger partial charge is 0.449 e. The van der Waals surface area contributed by atoms with E-state index in [2.05, 4.69) is 4.98 Å². The average molecular weight is 299 g/mol. The molecule has 7 heteroatoms. The van der Waals surface area contributed by atoms with Crippen molar-refractivity contribution in [2.45, 2.75) is 38.1 Å². The summed E-state index contributed by atoms with van der Waals surface area (Å²) in [5, 5.41) is 0. The molecule has 1 fully saturated rings. The molecule has 2 unspecified atom stereocenters. The minimum atomic E-state index is -4.53. The Morgan fingerprint density at radius 2 is 2.14 bits per heavy atom. The van der Waals surface area contributed by atoms with E-state index in [4.69, 9.17) is 10.5 Å². The second-order valence-electron chi connectivity index (χ2n) is 5.64. The molecule has 21 heavy (non-hydrogen) atoms. The Morgan fingerprint density at radius 3 is 2.71 bits per heavy atom. The van der Waals surface area contributed by atoms with Crippen molar-refractivity contribution >= 4 is 16.7 Å². The van der Waals surface area contributed by atoms with Crippen molar-refractivity contribution in [1.82, 2.24) is 9.55 Å². The highest BCUT2D eigenvalue weighted by atomic mass is 19.4. The lowest BCUT2D eigenvalue weighted by Crippen LogP contribution is -2.39. The van der Waals surface area contributed by atoms with E-state index in [1.165, 1.54) is 10.6 Å². The number of benzene rings is 1. The number of alkyl halides is 3. The van der Waals surface area contributed by atoms with Gasteiger partial charge in [-0.3, -0.25) is 0 Å². The van der Waals surface area contributed by atoms with Gasteiger partial charge in [-0.1, -0.05) is 0 Å². The van der Waals surface area contributed by atoms with Gasteiger partial charge in [0, 0.05) is 12.3 Å². The molecule has 0 radical (unpaired) electrons. The number of imidazole rings is 1. The van der Waals surface area contributed by atoms with E-state index in [-0.39, 0.29) is 11.6 Å². The van der Waals surface area contributed by atoms with Crippen LogP contribution in [-0.4, -0.2) is 22.3 Å². The molecule has 1 saturated heterocycles. The molecule has 3 rings (SSSR count). The van der Waals surface area contributed by atoms with E-state index in [1.54, 1.807) is 26.0 Å². The molecule has 1 aliphatic rings. The highest BCUT2D eigenvalue weighted by molar-refractivity contribution is 5.80. The Bertz CT molecular complexity index is 695. The highest BCUT2D eigenvalue weighted by Gasteiger charge is 2.47. The van der Waals surface area contributed by atoms with Crippen molar-refractivity contribution in [3.63, 3.8) is 0 Å². The molecular formula is C14H16F3N3O. The van der Waals surface area contributed by atoms with Crippen LogP contribution in [0.1, 0.15) is 26.1 Å². The molecule has 0 aliphatic carbocycles. The Morgan fingerprint density at radius 1 is 1.43 bits per heavy atom. The molecule has 2 heterocycles. The number of anilines is 1. The number of nitrogen functional groups attached to an aromatic ring is 1. The summed E-state index contributed by atoms with van der Waals surface area (Å²) in [6, 6.07) is 4.64. The molecule has 2 aromatic rings. The minimum Gasteiger partial charge on any atom is -0.399 e. The lowest BCUT2D eigenvalue weighted by atomic mass is 9.93. The van der Waals surface area contributed by atoms with Crippen LogP contribution >= 0.6 is 0 Å². The maximum Gasteiger partial charge on any atom is 0.449 e. The summed E-state index contributed by atoms with van der Waals surface area (Å²) in [7, 11) is 0. The first-order chi connectivity index (χ1) is 9.73. The normalized spacial score (nSPS) is 26.6. The Labute approximate surface area is 119 Å². The fourth-order valence-electron chi connectivity index (χ4n) is 2.92. The molecule has 4 nitrogen and oxygen atoms in total. The number of rotatable bonds is 1. The molecule has 0 spiro atoms. The van der Waals surface area contributed by atoms with E-state index >= 15 is 0 Å². The number of aromatic nitrogens is 2. The van der Waals surface area contributed by atoms with Crippen molar-refractivity contribution in [3.8, 4) is 0 Å². The Kier molecular flexibility index (Phi) is 2.95. The molecule has 1 aliphatic heterocycles. The van der Waals surface area contributed by atoms with Gasteiger partial charge in [-0.2, -0.15) is 13.2 Å². The summed E-state index contributed by atoms with van der Waals surface area (Å²) in [5.74, 6) is -0.900. The van der Waals surface area contributed by atoms with Crippen LogP contribution in [0.25, 0.3) is 11.0 Å². The number of fused-ring (bicyclic) bond motifs is 1. The number of nitrogens with two attached hydrogens (primary N) is 1. The standard InChI is InChI=1S/C14H16F3N3O/c1-8-13(2,5-6-21-8)20-11-4-3-9(18)7-10(11)19-12(20)14(15,16)17/h3-4,7-8H,5-6,18H2,1-2H3. The third-order valence-corrected chi connectivity index (χ3v) is 4.29. The average Bonchev–Trinajstić information content (AvgIpc) is 2.91. The van der Waals surface area contributed by atoms with Crippen molar-refractivity contribution in [1.29, 1.82) is 0 Å². The van der Waals surface area contributed by atoms with Gasteiger partial charge in [-0.05, 0) is 38.5 Å². The van der Waals surface area contributed by atoms with Crippen LogP contribution in [0.2, 0.25) is 0 Å². The molecule has 2 atom stereocenters. The van der Waals surface area contributed by atoms with Crippen LogP contribution in [0.3, 0.4) is 0 Å². The predicted molar refractivity (Wildman–Crippen MR) is 72.8 cm³/mol. The Balaban J connectivity index is 2.33. The fraction of sp³-hybridized carbons (Fsp3) is 0.500. The highest BCUT2D eigenvalue weighted by Crippen LogP contribution is 2.41. The first kappa shape index (κ1) is 14.2. The molecule has 114 valence electrons. The van der Waals surface area contributed by atoms with Gasteiger partial charge in [-0.15, -0.1) is 0 Å². The van der Waals surface area contributed by atoms with Gasteiger partial charge in [0.25, 0.3) is 0 Å². The van der Waals surface area contributed by atoms with Gasteiger partial charge < -0.3 is 15.0 Å². The van der Waals surface area contributed by atoms with Crippen LogP contribution < -0.4 is 5.73 Å². The smallest absolute Gasteiger partial charge is 0.399 e. The summed E-state index contributed by atoms with van der Waals surface area (Å²) in [6.07, 6.45) is -4.35. The topological polar surface area (TPSA) is 53.1 Å². The van der Waals surface area contributed by atoms with Gasteiger partial charge in [0.05, 0.1) is 22.7 Å². The molecule has 0 saturated carbocycles. The van der Waals surface area contributed by atoms with Crippen molar-refractivity contribution < 1.29 is 17.9 Å². The maximum atomic E-state index is 13.4. The van der Waals surface area contributed by atoms with Gasteiger partial charge in [0.15, 0.2) is 0 Å². The summed E-state index contributed by atoms with van der Waals surface area (Å²) < 4.78 is 46.9. The zero-order valence-electron chi connectivity index (χ0n) is 11.7. The third-order valence-electron chi connectivity index (χ3n) is 4.29. The number of hydrogen-bond donors (Lipinski definition) is 1. The SMILES string of the molecule is CC1OCCC1(C)n1c(C(F)(F)F)nc2cc(N)ccc21. The molecule has 1 aromatic carbocycles. The zero-order chi connectivity index (χ0) is 15.4. The summed E-state index contributed by atoms with van der Waals surface area (Å²) in [5.41, 5.74) is 5.94. The number of nitrogens with zero attached hydrogens (tertiary/aromatic N) is 2. The zero-order valence-corrected chi connectivity index (χ0v) is 11.7. The van der Waals surface area contributed by atoms with Crippen LogP contribution in [0.5, 0.6) is 0 Å².